The van der Waals surface area contributed by atoms with E-state index in [9.17, 15) is 34.5 Å². The van der Waals surface area contributed by atoms with Gasteiger partial charge in [0.15, 0.2) is 24.6 Å². The molecule has 0 bridgehead atoms. The standard InChI is InChI=1S/C67H106O12/c1-4-7-10-13-16-19-22-25-28-30-33-35-38-41-44-47-50-53-59(68)75-56-58(77-60(69)54-51-48-45-42-39-37-34-31-29-26-23-20-17-14-11-8-5-2)57-76-67-65(63(72)62(71)64(79-67)66(73)74)78-61(70)55-52-49-46-43-40-36-32-27-24-21-18-15-12-9-6-3/h7,9-10,12,16,18-19,21,25,27-28,32-33,35,40-41,43-44,49,52,58,62-65,67,71-72H,4-6,8,11,13-15,17,20,22-24,26,29-31,34,36-39,42,45-48,50-51,53-57H2,1-3H3,(H,73,74)/b10-7-,12-9-,19-16-,21-18-,28-25-,32-27-,35-33-,43-40-,44-41-,52-49-. The Labute approximate surface area is 478 Å². The van der Waals surface area contributed by atoms with Crippen LogP contribution in [0.25, 0.3) is 0 Å². The van der Waals surface area contributed by atoms with Gasteiger partial charge in [0, 0.05) is 12.8 Å². The molecule has 0 saturated carbocycles. The molecular formula is C67H106O12. The van der Waals surface area contributed by atoms with Gasteiger partial charge < -0.3 is 39.0 Å². The van der Waals surface area contributed by atoms with E-state index in [1.54, 1.807) is 12.2 Å². The van der Waals surface area contributed by atoms with E-state index in [1.807, 2.05) is 18.2 Å². The number of unbranched alkanes of at least 4 members (excludes halogenated alkanes) is 17. The van der Waals surface area contributed by atoms with E-state index in [-0.39, 0.29) is 25.9 Å². The van der Waals surface area contributed by atoms with Crippen LogP contribution >= 0.6 is 0 Å². The maximum absolute atomic E-state index is 13.2. The molecule has 0 aliphatic carbocycles. The number of carbonyl (C=O) groups is 4. The molecule has 79 heavy (non-hydrogen) atoms. The first-order chi connectivity index (χ1) is 38.6. The van der Waals surface area contributed by atoms with Gasteiger partial charge in [-0.3, -0.25) is 14.4 Å². The van der Waals surface area contributed by atoms with Gasteiger partial charge in [-0.1, -0.05) is 245 Å². The number of aliphatic hydroxyl groups excluding tert-OH is 2. The van der Waals surface area contributed by atoms with Crippen LogP contribution in [-0.2, 0) is 42.9 Å². The van der Waals surface area contributed by atoms with Crippen molar-refractivity contribution in [3.05, 3.63) is 122 Å². The summed E-state index contributed by atoms with van der Waals surface area (Å²) >= 11 is 0. The van der Waals surface area contributed by atoms with E-state index in [2.05, 4.69) is 112 Å². The highest BCUT2D eigenvalue weighted by atomic mass is 16.7. The second-order valence-corrected chi connectivity index (χ2v) is 20.2. The third-order valence-corrected chi connectivity index (χ3v) is 13.1. The summed E-state index contributed by atoms with van der Waals surface area (Å²) in [6.07, 6.45) is 62.0. The lowest BCUT2D eigenvalue weighted by atomic mass is 9.98. The Balaban J connectivity index is 2.77. The zero-order valence-corrected chi connectivity index (χ0v) is 49.1. The zero-order valence-electron chi connectivity index (χ0n) is 49.1. The summed E-state index contributed by atoms with van der Waals surface area (Å²) in [5, 5.41) is 31.5. The van der Waals surface area contributed by atoms with Crippen LogP contribution in [0.4, 0.5) is 0 Å². The molecule has 12 heteroatoms. The van der Waals surface area contributed by atoms with Gasteiger partial charge in [-0.2, -0.15) is 0 Å². The molecule has 1 rings (SSSR count). The maximum atomic E-state index is 13.2. The van der Waals surface area contributed by atoms with Gasteiger partial charge in [0.25, 0.3) is 0 Å². The maximum Gasteiger partial charge on any atom is 0.335 e. The second-order valence-electron chi connectivity index (χ2n) is 20.2. The number of rotatable bonds is 50. The Morgan fingerprint density at radius 3 is 1.27 bits per heavy atom. The number of carboxylic acid groups (broad SMARTS) is 1. The van der Waals surface area contributed by atoms with E-state index >= 15 is 0 Å². The van der Waals surface area contributed by atoms with Crippen molar-refractivity contribution in [3.63, 3.8) is 0 Å². The summed E-state index contributed by atoms with van der Waals surface area (Å²) in [6.45, 7) is 5.68. The van der Waals surface area contributed by atoms with Crippen LogP contribution in [0.3, 0.4) is 0 Å². The number of hydrogen-bond acceptors (Lipinski definition) is 11. The van der Waals surface area contributed by atoms with Crippen molar-refractivity contribution in [1.29, 1.82) is 0 Å². The van der Waals surface area contributed by atoms with Crippen molar-refractivity contribution in [2.45, 2.75) is 263 Å². The highest BCUT2D eigenvalue weighted by molar-refractivity contribution is 5.74. The molecule has 0 aromatic carbocycles. The Morgan fingerprint density at radius 1 is 0.443 bits per heavy atom. The van der Waals surface area contributed by atoms with Crippen molar-refractivity contribution in [2.24, 2.45) is 0 Å². The molecule has 1 heterocycles. The Kier molecular flexibility index (Phi) is 49.1. The number of carbonyl (C=O) groups excluding carboxylic acids is 3. The number of aliphatic carboxylic acids is 1. The zero-order chi connectivity index (χ0) is 57.5. The summed E-state index contributed by atoms with van der Waals surface area (Å²) in [5.41, 5.74) is 0. The number of allylic oxidation sites excluding steroid dienone is 19. The number of hydrogen-bond donors (Lipinski definition) is 3. The summed E-state index contributed by atoms with van der Waals surface area (Å²) in [5.74, 6) is -3.37. The minimum Gasteiger partial charge on any atom is -0.479 e. The molecule has 0 spiro atoms. The summed E-state index contributed by atoms with van der Waals surface area (Å²) in [7, 11) is 0. The lowest BCUT2D eigenvalue weighted by molar-refractivity contribution is -0.301. The Hall–Kier alpha value is -4.88. The normalized spacial score (nSPS) is 18.7. The molecule has 0 amide bonds. The average molecular weight is 1100 g/mol. The van der Waals surface area contributed by atoms with Gasteiger partial charge in [-0.15, -0.1) is 0 Å². The predicted octanol–water partition coefficient (Wildman–Crippen LogP) is 16.0. The molecule has 1 fully saturated rings. The summed E-state index contributed by atoms with van der Waals surface area (Å²) in [6, 6.07) is 0. The van der Waals surface area contributed by atoms with Crippen molar-refractivity contribution in [3.8, 4) is 0 Å². The van der Waals surface area contributed by atoms with Crippen LogP contribution in [0.5, 0.6) is 0 Å². The quantitative estimate of drug-likeness (QED) is 0.0228. The number of esters is 3. The molecule has 1 aliphatic heterocycles. The molecule has 446 valence electrons. The van der Waals surface area contributed by atoms with Gasteiger partial charge in [-0.05, 0) is 83.5 Å². The lowest BCUT2D eigenvalue weighted by Gasteiger charge is -2.40. The first kappa shape index (κ1) is 72.1. The summed E-state index contributed by atoms with van der Waals surface area (Å²) < 4.78 is 28.3. The number of aliphatic hydroxyl groups is 2. The highest BCUT2D eigenvalue weighted by Gasteiger charge is 2.50. The van der Waals surface area contributed by atoms with Crippen LogP contribution in [0.2, 0.25) is 0 Å². The molecular weight excluding hydrogens is 997 g/mol. The molecule has 12 nitrogen and oxygen atoms in total. The van der Waals surface area contributed by atoms with Gasteiger partial charge >= 0.3 is 23.9 Å². The molecule has 0 aromatic rings. The molecule has 1 aliphatic rings. The topological polar surface area (TPSA) is 175 Å². The smallest absolute Gasteiger partial charge is 0.335 e. The molecule has 0 aromatic heterocycles. The van der Waals surface area contributed by atoms with E-state index in [4.69, 9.17) is 23.7 Å². The predicted molar refractivity (Wildman–Crippen MR) is 321 cm³/mol. The highest BCUT2D eigenvalue weighted by Crippen LogP contribution is 2.26. The fraction of sp³-hybridized carbons (Fsp3) is 0.642. The van der Waals surface area contributed by atoms with Crippen LogP contribution in [0.1, 0.15) is 226 Å². The largest absolute Gasteiger partial charge is 0.479 e. The van der Waals surface area contributed by atoms with E-state index in [1.165, 1.54) is 83.5 Å². The van der Waals surface area contributed by atoms with Crippen molar-refractivity contribution in [1.82, 2.24) is 0 Å². The van der Waals surface area contributed by atoms with Crippen LogP contribution in [0.15, 0.2) is 122 Å². The third-order valence-electron chi connectivity index (χ3n) is 13.1. The number of ether oxygens (including phenoxy) is 5. The molecule has 3 N–H and O–H groups in total. The van der Waals surface area contributed by atoms with E-state index in [0.29, 0.717) is 25.7 Å². The SMILES string of the molecule is CC/C=C\C/C=C\C/C=C\C/C=C\C/C=C\CCCC(=O)OCC(COC1OC(C(=O)O)C(O)C(O)C1OC(=O)C/C=C\C/C=C\C/C=C\C/C=C\C/C=C\CC)OC(=O)CCCCCCCCCCCCCCCCCCC. The fourth-order valence-corrected chi connectivity index (χ4v) is 8.48. The first-order valence-corrected chi connectivity index (χ1v) is 30.5. The molecule has 1 saturated heterocycles. The van der Waals surface area contributed by atoms with Crippen molar-refractivity contribution >= 4 is 23.9 Å². The van der Waals surface area contributed by atoms with Gasteiger partial charge in [0.1, 0.15) is 18.8 Å². The molecule has 6 unspecified atom stereocenters. The van der Waals surface area contributed by atoms with E-state index in [0.717, 1.165) is 77.0 Å². The van der Waals surface area contributed by atoms with Gasteiger partial charge in [-0.25, -0.2) is 4.79 Å². The Morgan fingerprint density at radius 2 is 0.835 bits per heavy atom. The minimum absolute atomic E-state index is 0.126. The fourth-order valence-electron chi connectivity index (χ4n) is 8.48. The van der Waals surface area contributed by atoms with Crippen molar-refractivity contribution < 1.29 is 58.2 Å². The van der Waals surface area contributed by atoms with Gasteiger partial charge in [0.05, 0.1) is 13.0 Å². The number of carboxylic acids is 1. The minimum atomic E-state index is -1.95. The van der Waals surface area contributed by atoms with Crippen LogP contribution in [0, 0.1) is 0 Å². The first-order valence-electron chi connectivity index (χ1n) is 30.5. The van der Waals surface area contributed by atoms with Crippen molar-refractivity contribution in [2.75, 3.05) is 13.2 Å². The monoisotopic (exact) mass is 1100 g/mol. The third kappa shape index (κ3) is 43.6. The van der Waals surface area contributed by atoms with Crippen LogP contribution in [-0.4, -0.2) is 89.2 Å². The Bertz CT molecular complexity index is 1840. The molecule has 0 radical (unpaired) electrons. The van der Waals surface area contributed by atoms with Gasteiger partial charge in [0.2, 0.25) is 0 Å². The average Bonchev–Trinajstić information content (AvgIpc) is 3.46. The lowest BCUT2D eigenvalue weighted by Crippen LogP contribution is -2.61. The van der Waals surface area contributed by atoms with E-state index < -0.39 is 67.3 Å². The molecule has 6 atom stereocenters. The summed E-state index contributed by atoms with van der Waals surface area (Å²) in [4.78, 5) is 51.1. The van der Waals surface area contributed by atoms with Crippen LogP contribution < -0.4 is 0 Å². The second kappa shape index (κ2) is 53.7.